The number of rotatable bonds is 5. The van der Waals surface area contributed by atoms with Crippen LogP contribution in [0, 0.1) is 25.2 Å². The van der Waals surface area contributed by atoms with Crippen molar-refractivity contribution in [2.24, 2.45) is 11.3 Å². The number of nitrogens with zero attached hydrogens (tertiary/aromatic N) is 3. The Labute approximate surface area is 399 Å². The lowest BCUT2D eigenvalue weighted by Gasteiger charge is -2.50. The maximum Gasteiger partial charge on any atom is 0.247 e. The van der Waals surface area contributed by atoms with Crippen LogP contribution in [0.4, 0.5) is 39.8 Å². The molecule has 0 saturated heterocycles. The number of allylic oxidation sites excluding steroid dienone is 5. The Morgan fingerprint density at radius 1 is 0.642 bits per heavy atom. The highest BCUT2D eigenvalue weighted by atomic mass is 15.2. The summed E-state index contributed by atoms with van der Waals surface area (Å²) in [6.45, 7) is 23.7. The van der Waals surface area contributed by atoms with E-state index in [0.717, 1.165) is 18.5 Å². The molecule has 3 heterocycles. The number of aryl methyl sites for hydroxylation is 2. The van der Waals surface area contributed by atoms with Gasteiger partial charge in [-0.15, -0.1) is 0 Å². The molecule has 0 saturated carbocycles. The number of fused-ring (bicyclic) bond motifs is 8. The summed E-state index contributed by atoms with van der Waals surface area (Å²) in [5, 5.41) is 0. The fourth-order valence-corrected chi connectivity index (χ4v) is 12.7. The van der Waals surface area contributed by atoms with E-state index >= 15 is 0 Å². The predicted molar refractivity (Wildman–Crippen MR) is 286 cm³/mol. The number of benzene rings is 6. The minimum atomic E-state index is -0.108. The molecule has 0 bridgehead atoms. The summed E-state index contributed by atoms with van der Waals surface area (Å²) in [4.78, 5) is 8.02. The van der Waals surface area contributed by atoms with Gasteiger partial charge in [-0.25, -0.2) is 0 Å². The van der Waals surface area contributed by atoms with Crippen LogP contribution in [0.3, 0.4) is 0 Å². The van der Waals surface area contributed by atoms with E-state index in [1.165, 1.54) is 101 Å². The Bertz CT molecular complexity index is 3190. The van der Waals surface area contributed by atoms with Gasteiger partial charge in [0.15, 0.2) is 0 Å². The van der Waals surface area contributed by atoms with Crippen LogP contribution < -0.4 is 25.6 Å². The summed E-state index contributed by atoms with van der Waals surface area (Å²) in [7, 11) is 0. The third-order valence-corrected chi connectivity index (χ3v) is 16.0. The van der Waals surface area contributed by atoms with Gasteiger partial charge in [0, 0.05) is 56.7 Å². The van der Waals surface area contributed by atoms with Crippen molar-refractivity contribution in [2.75, 3.05) is 14.7 Å². The molecular weight excluding hydrogens is 810 g/mol. The summed E-state index contributed by atoms with van der Waals surface area (Å²) in [5.74, 6) is 0.292. The van der Waals surface area contributed by atoms with Crippen LogP contribution in [0.1, 0.15) is 90.5 Å². The average Bonchev–Trinajstić information content (AvgIpc) is 3.79. The highest BCUT2D eigenvalue weighted by Gasteiger charge is 2.59. The van der Waals surface area contributed by atoms with Crippen LogP contribution in [0.25, 0.3) is 11.1 Å². The first kappa shape index (κ1) is 41.9. The molecule has 2 unspecified atom stereocenters. The first-order chi connectivity index (χ1) is 32.1. The van der Waals surface area contributed by atoms with E-state index in [1.54, 1.807) is 5.57 Å². The van der Waals surface area contributed by atoms with Crippen molar-refractivity contribution >= 4 is 57.5 Å². The fourth-order valence-electron chi connectivity index (χ4n) is 12.7. The van der Waals surface area contributed by atoms with Crippen molar-refractivity contribution in [3.05, 3.63) is 208 Å². The van der Waals surface area contributed by atoms with E-state index in [-0.39, 0.29) is 29.0 Å². The molecule has 6 aliphatic rings. The minimum absolute atomic E-state index is 0.0308. The molecule has 0 radical (unpaired) electrons. The van der Waals surface area contributed by atoms with Crippen molar-refractivity contribution in [2.45, 2.75) is 99.0 Å². The summed E-state index contributed by atoms with van der Waals surface area (Å²) in [5.41, 5.74) is 26.4. The second kappa shape index (κ2) is 14.7. The second-order valence-corrected chi connectivity index (χ2v) is 22.5. The average molecular weight is 872 g/mol. The van der Waals surface area contributed by atoms with E-state index in [2.05, 4.69) is 242 Å². The molecule has 0 aromatic heterocycles. The Balaban J connectivity index is 1.20. The maximum atomic E-state index is 2.84. The zero-order chi connectivity index (χ0) is 46.3. The van der Waals surface area contributed by atoms with Crippen molar-refractivity contribution in [3.8, 4) is 11.1 Å². The first-order valence-corrected chi connectivity index (χ1v) is 24.7. The maximum absolute atomic E-state index is 2.84. The van der Waals surface area contributed by atoms with Crippen LogP contribution in [0.5, 0.6) is 0 Å². The summed E-state index contributed by atoms with van der Waals surface area (Å²) >= 11 is 0. The van der Waals surface area contributed by atoms with Crippen molar-refractivity contribution in [1.82, 2.24) is 0 Å². The Morgan fingerprint density at radius 3 is 1.99 bits per heavy atom. The molecule has 0 amide bonds. The highest BCUT2D eigenvalue weighted by Crippen LogP contribution is 2.63. The highest BCUT2D eigenvalue weighted by molar-refractivity contribution is 6.95. The molecule has 67 heavy (non-hydrogen) atoms. The Kier molecular flexibility index (Phi) is 9.21. The van der Waals surface area contributed by atoms with E-state index < -0.39 is 0 Å². The molecule has 0 spiro atoms. The molecule has 6 aromatic rings. The van der Waals surface area contributed by atoms with Gasteiger partial charge in [0.25, 0.3) is 0 Å². The van der Waals surface area contributed by atoms with Crippen LogP contribution in [0.2, 0.25) is 0 Å². The minimum Gasteiger partial charge on any atom is -0.334 e. The number of anilines is 7. The third kappa shape index (κ3) is 6.17. The van der Waals surface area contributed by atoms with Gasteiger partial charge in [-0.1, -0.05) is 170 Å². The van der Waals surface area contributed by atoms with Crippen LogP contribution in [-0.2, 0) is 10.8 Å². The molecular formula is C63H62BN3. The van der Waals surface area contributed by atoms with Gasteiger partial charge < -0.3 is 14.7 Å². The molecule has 3 nitrogen and oxygen atoms in total. The van der Waals surface area contributed by atoms with Gasteiger partial charge in [0.05, 0.1) is 11.7 Å². The van der Waals surface area contributed by atoms with Gasteiger partial charge in [-0.05, 0) is 142 Å². The molecule has 0 N–H and O–H groups in total. The van der Waals surface area contributed by atoms with Crippen LogP contribution in [-0.4, -0.2) is 12.8 Å². The van der Waals surface area contributed by atoms with E-state index in [0.29, 0.717) is 5.92 Å². The van der Waals surface area contributed by atoms with Gasteiger partial charge in [-0.3, -0.25) is 0 Å². The lowest BCUT2D eigenvalue weighted by Crippen LogP contribution is -2.62. The lowest BCUT2D eigenvalue weighted by molar-refractivity contribution is 0.488. The monoisotopic (exact) mass is 872 g/mol. The molecule has 2 atom stereocenters. The number of hydrogen-bond acceptors (Lipinski definition) is 3. The molecule has 3 aliphatic heterocycles. The molecule has 12 rings (SSSR count). The summed E-state index contributed by atoms with van der Waals surface area (Å²) in [6, 6.07) is 48.9. The standard InChI is InChI=1S/C63H62BN3/c1-39-21-14-18-29-51(39)65(52-30-19-15-22-40(52)2)44-32-33-49-54(38-44)66(53-34-31-42(61(3,4)5)35-47(53)41-23-12-11-13-24-41)55-36-43(62(6,7)8)37-56-58(55)64(49)50-28-20-26-46-57-60(67(56)59(46)50)45-25-16-17-27-48(45)63(57,9)10/h11-15,18-38,46,59H,16-17H2,1-10H3. The summed E-state index contributed by atoms with van der Waals surface area (Å²) in [6.07, 6.45) is 14.8. The number of para-hydroxylation sites is 2. The van der Waals surface area contributed by atoms with Crippen molar-refractivity contribution in [3.63, 3.8) is 0 Å². The van der Waals surface area contributed by atoms with Crippen molar-refractivity contribution < 1.29 is 0 Å². The number of hydrogen-bond donors (Lipinski definition) is 0. The van der Waals surface area contributed by atoms with E-state index in [1.807, 2.05) is 0 Å². The smallest absolute Gasteiger partial charge is 0.247 e. The third-order valence-electron chi connectivity index (χ3n) is 16.0. The SMILES string of the molecule is Cc1ccccc1N(c1ccc2c(c1)N(c1ccc(C(C)(C)C)cc1-c1ccccc1)c1cc(C(C)(C)C)cc3c1B2C1=CC=CC2C4=C(C5=CCCC=C5C4(C)C)N3C12)c1ccccc1C. The molecule has 6 aromatic carbocycles. The zero-order valence-electron chi connectivity index (χ0n) is 41.0. The largest absolute Gasteiger partial charge is 0.334 e. The Hall–Kier alpha value is -6.52. The second-order valence-electron chi connectivity index (χ2n) is 22.5. The van der Waals surface area contributed by atoms with Crippen LogP contribution >= 0.6 is 0 Å². The topological polar surface area (TPSA) is 9.72 Å². The van der Waals surface area contributed by atoms with Gasteiger partial charge >= 0.3 is 0 Å². The molecule has 332 valence electrons. The first-order valence-electron chi connectivity index (χ1n) is 24.7. The fraction of sp³-hybridized carbons (Fsp3) is 0.270. The predicted octanol–water partition coefficient (Wildman–Crippen LogP) is 15.2. The van der Waals surface area contributed by atoms with Crippen LogP contribution in [0.15, 0.2) is 186 Å². The van der Waals surface area contributed by atoms with Crippen molar-refractivity contribution in [1.29, 1.82) is 0 Å². The van der Waals surface area contributed by atoms with E-state index in [9.17, 15) is 0 Å². The quantitative estimate of drug-likeness (QED) is 0.160. The van der Waals surface area contributed by atoms with E-state index in [4.69, 9.17) is 0 Å². The normalized spacial score (nSPS) is 19.6. The van der Waals surface area contributed by atoms with Gasteiger partial charge in [0.1, 0.15) is 0 Å². The lowest BCUT2D eigenvalue weighted by atomic mass is 9.31. The zero-order valence-corrected chi connectivity index (χ0v) is 41.0. The Morgan fingerprint density at radius 2 is 1.30 bits per heavy atom. The molecule has 3 aliphatic carbocycles. The van der Waals surface area contributed by atoms with Gasteiger partial charge in [-0.2, -0.15) is 0 Å². The molecule has 0 fully saturated rings. The summed E-state index contributed by atoms with van der Waals surface area (Å²) < 4.78 is 0. The molecule has 4 heteroatoms. The van der Waals surface area contributed by atoms with Gasteiger partial charge in [0.2, 0.25) is 6.71 Å².